The molecule has 1 aliphatic carbocycles. The zero-order valence-corrected chi connectivity index (χ0v) is 11.7. The molecule has 0 amide bonds. The van der Waals surface area contributed by atoms with Gasteiger partial charge in [-0.25, -0.2) is 0 Å². The van der Waals surface area contributed by atoms with Gasteiger partial charge in [-0.3, -0.25) is 9.80 Å². The molecule has 2 heterocycles. The highest BCUT2D eigenvalue weighted by Crippen LogP contribution is 2.40. The maximum Gasteiger partial charge on any atom is 0.140 e. The van der Waals surface area contributed by atoms with E-state index < -0.39 is 0 Å². The van der Waals surface area contributed by atoms with Crippen LogP contribution in [0.4, 0.5) is 0 Å². The summed E-state index contributed by atoms with van der Waals surface area (Å²) in [4.78, 5) is 4.91. The lowest BCUT2D eigenvalue weighted by Crippen LogP contribution is -2.46. The fourth-order valence-corrected chi connectivity index (χ4v) is 2.58. The zero-order valence-electron chi connectivity index (χ0n) is 11.7. The van der Waals surface area contributed by atoms with Crippen LogP contribution in [0.1, 0.15) is 30.2 Å². The number of piperazine rings is 1. The zero-order chi connectivity index (χ0) is 13.1. The molecular formula is C14H23N3O2. The van der Waals surface area contributed by atoms with Crippen LogP contribution in [0.5, 0.6) is 0 Å². The largest absolute Gasteiger partial charge is 0.383 e. The van der Waals surface area contributed by atoms with Crippen molar-refractivity contribution in [2.24, 2.45) is 0 Å². The van der Waals surface area contributed by atoms with Gasteiger partial charge in [0.05, 0.1) is 12.3 Å². The molecule has 1 aliphatic heterocycles. The van der Waals surface area contributed by atoms with E-state index in [2.05, 4.69) is 21.0 Å². The lowest BCUT2D eigenvalue weighted by atomic mass is 10.2. The summed E-state index contributed by atoms with van der Waals surface area (Å²) in [6, 6.07) is 2.15. The number of nitrogens with zero attached hydrogens (tertiary/aromatic N) is 3. The molecule has 0 spiro atoms. The molecule has 5 nitrogen and oxygen atoms in total. The van der Waals surface area contributed by atoms with Gasteiger partial charge < -0.3 is 9.26 Å². The maximum atomic E-state index is 5.40. The number of ether oxygens (including phenoxy) is 1. The molecular weight excluding hydrogens is 242 g/mol. The standard InChI is InChI=1S/C14H23N3O2/c1-18-9-8-16-4-6-17(7-5-16)11-13-10-14(19-15-13)12-2-3-12/h10,12H,2-9,11H2,1H3. The number of hydrogen-bond acceptors (Lipinski definition) is 5. The van der Waals surface area contributed by atoms with Crippen LogP contribution in [-0.2, 0) is 11.3 Å². The van der Waals surface area contributed by atoms with E-state index in [4.69, 9.17) is 9.26 Å². The summed E-state index contributed by atoms with van der Waals surface area (Å²) in [5.41, 5.74) is 1.09. The molecule has 0 unspecified atom stereocenters. The van der Waals surface area contributed by atoms with E-state index in [1.807, 2.05) is 0 Å². The van der Waals surface area contributed by atoms with Crippen molar-refractivity contribution in [2.75, 3.05) is 46.4 Å². The third kappa shape index (κ3) is 3.55. The van der Waals surface area contributed by atoms with Gasteiger partial charge in [0.15, 0.2) is 0 Å². The highest BCUT2D eigenvalue weighted by atomic mass is 16.5. The van der Waals surface area contributed by atoms with Gasteiger partial charge in [0.25, 0.3) is 0 Å². The topological polar surface area (TPSA) is 41.7 Å². The number of hydrogen-bond donors (Lipinski definition) is 0. The molecule has 19 heavy (non-hydrogen) atoms. The minimum atomic E-state index is 0.659. The van der Waals surface area contributed by atoms with E-state index in [1.165, 1.54) is 12.8 Å². The van der Waals surface area contributed by atoms with Gasteiger partial charge in [0.2, 0.25) is 0 Å². The first-order chi connectivity index (χ1) is 9.35. The predicted molar refractivity (Wildman–Crippen MR) is 72.1 cm³/mol. The molecule has 0 atom stereocenters. The van der Waals surface area contributed by atoms with Crippen molar-refractivity contribution in [1.29, 1.82) is 0 Å². The fraction of sp³-hybridized carbons (Fsp3) is 0.786. The van der Waals surface area contributed by atoms with Gasteiger partial charge in [0.1, 0.15) is 5.76 Å². The van der Waals surface area contributed by atoms with Gasteiger partial charge in [-0.2, -0.15) is 0 Å². The third-order valence-electron chi connectivity index (χ3n) is 4.02. The molecule has 1 aromatic rings. The molecule has 0 bridgehead atoms. The molecule has 1 saturated carbocycles. The van der Waals surface area contributed by atoms with E-state index in [1.54, 1.807) is 7.11 Å². The maximum absolute atomic E-state index is 5.40. The highest BCUT2D eigenvalue weighted by Gasteiger charge is 2.28. The number of methoxy groups -OCH3 is 1. The number of aromatic nitrogens is 1. The van der Waals surface area contributed by atoms with Crippen LogP contribution in [-0.4, -0.2) is 61.4 Å². The van der Waals surface area contributed by atoms with Crippen molar-refractivity contribution in [3.8, 4) is 0 Å². The van der Waals surface area contributed by atoms with Crippen LogP contribution in [0.15, 0.2) is 10.6 Å². The summed E-state index contributed by atoms with van der Waals surface area (Å²) in [6.07, 6.45) is 2.54. The molecule has 5 heteroatoms. The average Bonchev–Trinajstić information content (AvgIpc) is 3.19. The summed E-state index contributed by atoms with van der Waals surface area (Å²) in [5.74, 6) is 1.75. The van der Waals surface area contributed by atoms with Crippen LogP contribution in [0.2, 0.25) is 0 Å². The van der Waals surface area contributed by atoms with Crippen molar-refractivity contribution in [3.63, 3.8) is 0 Å². The minimum absolute atomic E-state index is 0.659. The van der Waals surface area contributed by atoms with Crippen molar-refractivity contribution in [1.82, 2.24) is 15.0 Å². The van der Waals surface area contributed by atoms with Gasteiger partial charge >= 0.3 is 0 Å². The van der Waals surface area contributed by atoms with Gasteiger partial charge in [-0.15, -0.1) is 0 Å². The lowest BCUT2D eigenvalue weighted by Gasteiger charge is -2.33. The predicted octanol–water partition coefficient (Wildman–Crippen LogP) is 1.32. The minimum Gasteiger partial charge on any atom is -0.383 e. The first-order valence-electron chi connectivity index (χ1n) is 7.24. The molecule has 2 aliphatic rings. The van der Waals surface area contributed by atoms with Crippen LogP contribution in [0.25, 0.3) is 0 Å². The molecule has 106 valence electrons. The first kappa shape index (κ1) is 13.1. The van der Waals surface area contributed by atoms with Crippen LogP contribution >= 0.6 is 0 Å². The summed E-state index contributed by atoms with van der Waals surface area (Å²) in [7, 11) is 1.76. The Morgan fingerprint density at radius 2 is 2.00 bits per heavy atom. The first-order valence-corrected chi connectivity index (χ1v) is 7.24. The van der Waals surface area contributed by atoms with E-state index >= 15 is 0 Å². The summed E-state index contributed by atoms with van der Waals surface area (Å²) < 4.78 is 10.5. The normalized spacial score (nSPS) is 21.9. The Morgan fingerprint density at radius 3 is 2.68 bits per heavy atom. The summed E-state index contributed by atoms with van der Waals surface area (Å²) in [5, 5.41) is 4.19. The van der Waals surface area contributed by atoms with Crippen LogP contribution in [0, 0.1) is 0 Å². The van der Waals surface area contributed by atoms with Crippen LogP contribution in [0.3, 0.4) is 0 Å². The monoisotopic (exact) mass is 265 g/mol. The van der Waals surface area contributed by atoms with E-state index in [-0.39, 0.29) is 0 Å². The SMILES string of the molecule is COCCN1CCN(Cc2cc(C3CC3)on2)CC1. The van der Waals surface area contributed by atoms with E-state index in [0.29, 0.717) is 5.92 Å². The highest BCUT2D eigenvalue weighted by molar-refractivity contribution is 5.14. The molecule has 1 aromatic heterocycles. The summed E-state index contributed by atoms with van der Waals surface area (Å²) in [6.45, 7) is 7.25. The van der Waals surface area contributed by atoms with Gasteiger partial charge in [-0.05, 0) is 12.8 Å². The second kappa shape index (κ2) is 6.03. The molecule has 0 radical (unpaired) electrons. The smallest absolute Gasteiger partial charge is 0.140 e. The molecule has 0 N–H and O–H groups in total. The molecule has 3 rings (SSSR count). The Bertz CT molecular complexity index is 395. The Hall–Kier alpha value is -0.910. The third-order valence-corrected chi connectivity index (χ3v) is 4.02. The second-order valence-corrected chi connectivity index (χ2v) is 5.61. The Labute approximate surface area is 114 Å². The Kier molecular flexibility index (Phi) is 4.15. The van der Waals surface area contributed by atoms with E-state index in [9.17, 15) is 0 Å². The quantitative estimate of drug-likeness (QED) is 0.776. The van der Waals surface area contributed by atoms with Gasteiger partial charge in [-0.1, -0.05) is 5.16 Å². The van der Waals surface area contributed by atoms with Crippen molar-refractivity contribution >= 4 is 0 Å². The van der Waals surface area contributed by atoms with Crippen LogP contribution < -0.4 is 0 Å². The summed E-state index contributed by atoms with van der Waals surface area (Å²) >= 11 is 0. The van der Waals surface area contributed by atoms with Crippen molar-refractivity contribution in [3.05, 3.63) is 17.5 Å². The number of rotatable bonds is 6. The Balaban J connectivity index is 1.43. The average molecular weight is 265 g/mol. The second-order valence-electron chi connectivity index (χ2n) is 5.61. The molecule has 2 fully saturated rings. The fourth-order valence-electron chi connectivity index (χ4n) is 2.58. The lowest BCUT2D eigenvalue weighted by molar-refractivity contribution is 0.0927. The van der Waals surface area contributed by atoms with Gasteiger partial charge in [0, 0.05) is 58.4 Å². The van der Waals surface area contributed by atoms with Crippen molar-refractivity contribution < 1.29 is 9.26 Å². The molecule has 1 saturated heterocycles. The molecule has 0 aromatic carbocycles. The Morgan fingerprint density at radius 1 is 1.26 bits per heavy atom. The van der Waals surface area contributed by atoms with E-state index in [0.717, 1.165) is 57.3 Å². The van der Waals surface area contributed by atoms with Crippen molar-refractivity contribution in [2.45, 2.75) is 25.3 Å².